The average Bonchev–Trinajstić information content (AvgIpc) is 3.12. The van der Waals surface area contributed by atoms with Gasteiger partial charge in [0.25, 0.3) is 5.91 Å². The molecule has 0 unspecified atom stereocenters. The number of benzene rings is 3. The molecule has 0 bridgehead atoms. The summed E-state index contributed by atoms with van der Waals surface area (Å²) in [6, 6.07) is 17.2. The highest BCUT2D eigenvalue weighted by Gasteiger charge is 2.52. The molecule has 0 aromatic heterocycles. The number of nitriles is 1. The molecule has 0 radical (unpaired) electrons. The van der Waals surface area contributed by atoms with Crippen molar-refractivity contribution in [1.29, 1.82) is 5.26 Å². The predicted molar refractivity (Wildman–Crippen MR) is 155 cm³/mol. The number of carbonyl (C=O) groups excluding carboxylic acids is 2. The number of carbonyl (C=O) groups is 2. The molecule has 1 heterocycles. The highest BCUT2D eigenvalue weighted by Crippen LogP contribution is 2.47. The summed E-state index contributed by atoms with van der Waals surface area (Å²) in [5.41, 5.74) is -1.63. The maximum atomic E-state index is 13.6. The van der Waals surface area contributed by atoms with Crippen molar-refractivity contribution in [2.24, 2.45) is 0 Å². The number of hydrogen-bond donors (Lipinski definition) is 1. The number of nitrogens with zero attached hydrogens (tertiary/aromatic N) is 3. The van der Waals surface area contributed by atoms with Crippen LogP contribution in [0.4, 0.5) is 35.0 Å². The molecule has 0 aliphatic carbocycles. The minimum Gasteiger partial charge on any atom is -0.355 e. The van der Waals surface area contributed by atoms with E-state index < -0.39 is 42.4 Å². The van der Waals surface area contributed by atoms with E-state index in [2.05, 4.69) is 5.32 Å². The van der Waals surface area contributed by atoms with Crippen LogP contribution in [-0.2, 0) is 31.1 Å². The molecule has 4 rings (SSSR count). The fourth-order valence-electron chi connectivity index (χ4n) is 4.69. The van der Waals surface area contributed by atoms with E-state index in [0.29, 0.717) is 33.2 Å². The first-order valence-electron chi connectivity index (χ1n) is 13.4. The third kappa shape index (κ3) is 6.30. The second kappa shape index (κ2) is 12.2. The summed E-state index contributed by atoms with van der Waals surface area (Å²) in [5.74, 6) is -0.704. The second-order valence-electron chi connectivity index (χ2n) is 10.1. The Morgan fingerprint density at radius 2 is 1.60 bits per heavy atom. The van der Waals surface area contributed by atoms with Crippen LogP contribution in [-0.4, -0.2) is 35.6 Å². The van der Waals surface area contributed by atoms with Gasteiger partial charge in [0.2, 0.25) is 0 Å². The number of halogens is 3. The highest BCUT2D eigenvalue weighted by atomic mass is 31.2. The molecule has 1 saturated heterocycles. The molecule has 0 atom stereocenters. The Hall–Kier alpha value is -4.17. The molecule has 3 aromatic rings. The minimum atomic E-state index is -4.85. The quantitative estimate of drug-likeness (QED) is 0.194. The zero-order valence-electron chi connectivity index (χ0n) is 23.9. The van der Waals surface area contributed by atoms with Crippen LogP contribution in [0, 0.1) is 11.3 Å². The fourth-order valence-corrected chi connectivity index (χ4v) is 6.26. The highest BCUT2D eigenvalue weighted by molar-refractivity contribution is 7.62. The maximum Gasteiger partial charge on any atom is 0.417 e. The van der Waals surface area contributed by atoms with Crippen molar-refractivity contribution >= 4 is 41.9 Å². The molecule has 13 heteroatoms. The third-order valence-corrected chi connectivity index (χ3v) is 9.04. The Morgan fingerprint density at radius 1 is 0.977 bits per heavy atom. The summed E-state index contributed by atoms with van der Waals surface area (Å²) in [6.45, 7) is 6.87. The smallest absolute Gasteiger partial charge is 0.355 e. The Morgan fingerprint density at radius 3 is 2.19 bits per heavy atom. The number of para-hydroxylation sites is 1. The number of anilines is 3. The van der Waals surface area contributed by atoms with Gasteiger partial charge in [-0.3, -0.25) is 9.36 Å². The van der Waals surface area contributed by atoms with Crippen LogP contribution in [0.1, 0.15) is 44.4 Å². The lowest BCUT2D eigenvalue weighted by molar-refractivity contribution is -0.137. The number of hydrogen-bond acceptors (Lipinski definition) is 7. The van der Waals surface area contributed by atoms with Crippen LogP contribution < -0.4 is 15.5 Å². The summed E-state index contributed by atoms with van der Waals surface area (Å²) in [7, 11) is -3.47. The van der Waals surface area contributed by atoms with Crippen LogP contribution in [0.2, 0.25) is 0 Å². The maximum absolute atomic E-state index is 13.6. The molecule has 1 N–H and O–H groups in total. The van der Waals surface area contributed by atoms with E-state index in [-0.39, 0.29) is 25.4 Å². The summed E-state index contributed by atoms with van der Waals surface area (Å²) in [5, 5.41) is 12.8. The lowest BCUT2D eigenvalue weighted by Gasteiger charge is -2.28. The Kier molecular flexibility index (Phi) is 9.02. The van der Waals surface area contributed by atoms with Crippen molar-refractivity contribution in [2.75, 3.05) is 23.4 Å². The number of imide groups is 1. The van der Waals surface area contributed by atoms with E-state index in [0.717, 1.165) is 12.1 Å². The average molecular weight is 615 g/mol. The molecule has 1 aliphatic rings. The normalized spacial score (nSPS) is 15.1. The van der Waals surface area contributed by atoms with Gasteiger partial charge in [-0.1, -0.05) is 18.2 Å². The molecule has 9 nitrogen and oxygen atoms in total. The van der Waals surface area contributed by atoms with Gasteiger partial charge >= 0.3 is 19.8 Å². The van der Waals surface area contributed by atoms with Gasteiger partial charge in [-0.2, -0.15) is 18.4 Å². The van der Waals surface area contributed by atoms with E-state index in [1.807, 2.05) is 0 Å². The Labute approximate surface area is 247 Å². The fraction of sp³-hybridized carbons (Fsp3) is 0.300. The molecule has 3 aromatic carbocycles. The van der Waals surface area contributed by atoms with Gasteiger partial charge in [0.1, 0.15) is 5.54 Å². The Bertz CT molecular complexity index is 1610. The second-order valence-corrected chi connectivity index (χ2v) is 12.1. The first-order chi connectivity index (χ1) is 20.3. The number of nitrogens with one attached hydrogen (secondary N) is 1. The zero-order chi connectivity index (χ0) is 31.6. The molecule has 3 amide bonds. The first kappa shape index (κ1) is 31.8. The van der Waals surface area contributed by atoms with Gasteiger partial charge in [0.15, 0.2) is 0 Å². The number of amides is 3. The van der Waals surface area contributed by atoms with Crippen LogP contribution in [0.5, 0.6) is 0 Å². The largest absolute Gasteiger partial charge is 0.417 e. The van der Waals surface area contributed by atoms with E-state index in [1.165, 1.54) is 24.8 Å². The van der Waals surface area contributed by atoms with Crippen molar-refractivity contribution in [3.63, 3.8) is 0 Å². The van der Waals surface area contributed by atoms with Gasteiger partial charge in [0, 0.05) is 11.4 Å². The van der Waals surface area contributed by atoms with Crippen molar-refractivity contribution in [3.05, 3.63) is 83.4 Å². The number of urea groups is 1. The van der Waals surface area contributed by atoms with Gasteiger partial charge in [0.05, 0.1) is 47.9 Å². The lowest BCUT2D eigenvalue weighted by atomic mass is 10.0. The lowest BCUT2D eigenvalue weighted by Crippen LogP contribution is -2.43. The van der Waals surface area contributed by atoms with Crippen LogP contribution >= 0.6 is 7.60 Å². The van der Waals surface area contributed by atoms with E-state index in [4.69, 9.17) is 14.3 Å². The molecular formula is C30H30F3N4O5P. The molecule has 0 saturated carbocycles. The van der Waals surface area contributed by atoms with Crippen LogP contribution in [0.3, 0.4) is 0 Å². The van der Waals surface area contributed by atoms with Gasteiger partial charge in [-0.15, -0.1) is 0 Å². The van der Waals surface area contributed by atoms with Gasteiger partial charge in [-0.05, 0) is 81.8 Å². The molecule has 43 heavy (non-hydrogen) atoms. The molecule has 1 fully saturated rings. The van der Waals surface area contributed by atoms with Gasteiger partial charge in [-0.25, -0.2) is 9.69 Å². The zero-order valence-corrected chi connectivity index (χ0v) is 24.8. The molecule has 0 spiro atoms. The van der Waals surface area contributed by atoms with Crippen molar-refractivity contribution < 1.29 is 36.4 Å². The summed E-state index contributed by atoms with van der Waals surface area (Å²) >= 11 is 0. The van der Waals surface area contributed by atoms with E-state index in [9.17, 15) is 27.3 Å². The van der Waals surface area contributed by atoms with Crippen molar-refractivity contribution in [1.82, 2.24) is 4.90 Å². The SMILES string of the molecule is CCOP(=O)(OCC)c1ccc(Nc2ccccc2CN2C(=O)N(c3ccc(C#N)c(C(F)(F)F)c3)C(=O)C2(C)C)cc1. The molecule has 1 aliphatic heterocycles. The first-order valence-corrected chi connectivity index (χ1v) is 14.9. The van der Waals surface area contributed by atoms with Crippen LogP contribution in [0.15, 0.2) is 66.7 Å². The summed E-state index contributed by atoms with van der Waals surface area (Å²) < 4.78 is 64.7. The van der Waals surface area contributed by atoms with Gasteiger partial charge < -0.3 is 19.3 Å². The summed E-state index contributed by atoms with van der Waals surface area (Å²) in [4.78, 5) is 29.0. The predicted octanol–water partition coefficient (Wildman–Crippen LogP) is 6.96. The molecular weight excluding hydrogens is 584 g/mol. The van der Waals surface area contributed by atoms with Crippen LogP contribution in [0.25, 0.3) is 0 Å². The standard InChI is InChI=1S/C30H30F3N4O5P/c1-5-41-43(40,42-6-2)24-15-12-22(13-16-24)35-26-10-8-7-9-21(26)19-36-28(39)37(27(38)29(36,3)4)23-14-11-20(18-34)25(17-23)30(31,32)33/h7-17,35H,5-6,19H2,1-4H3. The topological polar surface area (TPSA) is 112 Å². The Balaban J connectivity index is 1.61. The number of alkyl halides is 3. The van der Waals surface area contributed by atoms with E-state index in [1.54, 1.807) is 62.4 Å². The van der Waals surface area contributed by atoms with Crippen molar-refractivity contribution in [3.8, 4) is 6.07 Å². The minimum absolute atomic E-state index is 0.0401. The monoisotopic (exact) mass is 614 g/mol. The third-order valence-electron chi connectivity index (χ3n) is 6.92. The van der Waals surface area contributed by atoms with E-state index >= 15 is 0 Å². The van der Waals surface area contributed by atoms with Crippen molar-refractivity contribution in [2.45, 2.75) is 46.0 Å². The number of rotatable bonds is 10. The molecule has 226 valence electrons. The summed E-state index contributed by atoms with van der Waals surface area (Å²) in [6.07, 6.45) is -4.85.